The molecule has 186 valence electrons. The summed E-state index contributed by atoms with van der Waals surface area (Å²) in [6.45, 7) is 7.13. The van der Waals surface area contributed by atoms with Crippen LogP contribution in [-0.4, -0.2) is 49.8 Å². The number of allylic oxidation sites excluding steroid dienone is 3. The molecule has 0 aliphatic heterocycles. The first-order valence-corrected chi connectivity index (χ1v) is 11.0. The van der Waals surface area contributed by atoms with Gasteiger partial charge in [-0.2, -0.15) is 0 Å². The zero-order chi connectivity index (χ0) is 25.5. The maximum absolute atomic E-state index is 13.0. The predicted molar refractivity (Wildman–Crippen MR) is 128 cm³/mol. The number of hydrogen-bond acceptors (Lipinski definition) is 7. The van der Waals surface area contributed by atoms with E-state index in [1.165, 1.54) is 37.4 Å². The molecule has 0 spiro atoms. The molecule has 10 heteroatoms. The van der Waals surface area contributed by atoms with E-state index < -0.39 is 36.2 Å². The summed E-state index contributed by atoms with van der Waals surface area (Å²) in [5, 5.41) is 5.04. The molecule has 0 bridgehead atoms. The van der Waals surface area contributed by atoms with Crippen LogP contribution in [0.15, 0.2) is 52.4 Å². The molecule has 1 rings (SSSR count). The smallest absolute Gasteiger partial charge is 0.328 e. The highest BCUT2D eigenvalue weighted by atomic mass is 19.1. The lowest BCUT2D eigenvalue weighted by Gasteiger charge is -2.18. The molecule has 0 aromatic heterocycles. The summed E-state index contributed by atoms with van der Waals surface area (Å²) in [7, 11) is 0. The maximum atomic E-state index is 13.0. The van der Waals surface area contributed by atoms with Gasteiger partial charge in [0.1, 0.15) is 11.9 Å². The van der Waals surface area contributed by atoms with E-state index in [0.29, 0.717) is 24.5 Å². The van der Waals surface area contributed by atoms with E-state index >= 15 is 0 Å². The standard InChI is InChI=1S/C24H33FN4O5/c1-5-19(33-6-2)12-13-21(24(32)34-7-3)29-22(30)15-28-23(31)20(16(4)26)14-27-18-10-8-17(25)9-11-18/h5,8-11,14,21H,6-7,12-13,15,26H2,1-4H3,(H,28,31)(H,29,30)/b19-5?,20-16+,27-14?. The Kier molecular flexibility index (Phi) is 12.7. The minimum absolute atomic E-state index is 0.0495. The third-order valence-corrected chi connectivity index (χ3v) is 4.49. The van der Waals surface area contributed by atoms with Crippen LogP contribution in [0.2, 0.25) is 0 Å². The fourth-order valence-corrected chi connectivity index (χ4v) is 2.77. The summed E-state index contributed by atoms with van der Waals surface area (Å²) in [5.41, 5.74) is 6.44. The van der Waals surface area contributed by atoms with E-state index in [-0.39, 0.29) is 24.3 Å². The van der Waals surface area contributed by atoms with Gasteiger partial charge in [-0.05, 0) is 64.5 Å². The number of nitrogens with zero attached hydrogens (tertiary/aromatic N) is 1. The molecule has 2 amide bonds. The van der Waals surface area contributed by atoms with Crippen LogP contribution in [0.4, 0.5) is 10.1 Å². The van der Waals surface area contributed by atoms with Gasteiger partial charge in [0.2, 0.25) is 5.91 Å². The number of ether oxygens (including phenoxy) is 2. The lowest BCUT2D eigenvalue weighted by atomic mass is 10.1. The van der Waals surface area contributed by atoms with Crippen molar-refractivity contribution < 1.29 is 28.2 Å². The van der Waals surface area contributed by atoms with Gasteiger partial charge in [0, 0.05) is 18.3 Å². The third-order valence-electron chi connectivity index (χ3n) is 4.49. The summed E-state index contributed by atoms with van der Waals surface area (Å²) < 4.78 is 23.5. The van der Waals surface area contributed by atoms with Crippen LogP contribution in [0.3, 0.4) is 0 Å². The van der Waals surface area contributed by atoms with E-state index in [0.717, 1.165) is 0 Å². The summed E-state index contributed by atoms with van der Waals surface area (Å²) >= 11 is 0. The van der Waals surface area contributed by atoms with Crippen molar-refractivity contribution in [3.8, 4) is 0 Å². The number of carbonyl (C=O) groups excluding carboxylic acids is 3. The number of rotatable bonds is 13. The molecule has 0 fully saturated rings. The second-order valence-corrected chi connectivity index (χ2v) is 7.11. The highest BCUT2D eigenvalue weighted by Crippen LogP contribution is 2.13. The first-order chi connectivity index (χ1) is 16.2. The molecular formula is C24H33FN4O5. The fraction of sp³-hybridized carbons (Fsp3) is 0.417. The Hall–Kier alpha value is -3.69. The van der Waals surface area contributed by atoms with Gasteiger partial charge >= 0.3 is 5.97 Å². The largest absolute Gasteiger partial charge is 0.499 e. The van der Waals surface area contributed by atoms with Gasteiger partial charge in [0.15, 0.2) is 0 Å². The van der Waals surface area contributed by atoms with Gasteiger partial charge in [-0.25, -0.2) is 9.18 Å². The molecule has 1 aromatic carbocycles. The van der Waals surface area contributed by atoms with Crippen LogP contribution in [0.5, 0.6) is 0 Å². The van der Waals surface area contributed by atoms with Crippen molar-refractivity contribution in [3.63, 3.8) is 0 Å². The summed E-state index contributed by atoms with van der Waals surface area (Å²) in [6, 6.07) is 4.47. The van der Waals surface area contributed by atoms with Gasteiger partial charge in [0.05, 0.1) is 36.8 Å². The van der Waals surface area contributed by atoms with Crippen LogP contribution in [-0.2, 0) is 23.9 Å². The molecule has 4 N–H and O–H groups in total. The monoisotopic (exact) mass is 476 g/mol. The Balaban J connectivity index is 2.75. The van der Waals surface area contributed by atoms with Gasteiger partial charge in [-0.15, -0.1) is 0 Å². The molecule has 0 saturated carbocycles. The molecule has 0 heterocycles. The Labute approximate surface area is 199 Å². The van der Waals surface area contributed by atoms with E-state index in [4.69, 9.17) is 15.2 Å². The Bertz CT molecular complexity index is 922. The number of esters is 1. The minimum atomic E-state index is -0.897. The van der Waals surface area contributed by atoms with Crippen LogP contribution >= 0.6 is 0 Å². The van der Waals surface area contributed by atoms with E-state index in [1.807, 2.05) is 13.8 Å². The summed E-state index contributed by atoms with van der Waals surface area (Å²) in [6.07, 6.45) is 3.74. The zero-order valence-corrected chi connectivity index (χ0v) is 20.0. The highest BCUT2D eigenvalue weighted by Gasteiger charge is 2.23. The lowest BCUT2D eigenvalue weighted by molar-refractivity contribution is -0.147. The molecule has 1 unspecified atom stereocenters. The maximum Gasteiger partial charge on any atom is 0.328 e. The molecule has 0 aliphatic carbocycles. The molecule has 1 atom stereocenters. The van der Waals surface area contributed by atoms with E-state index in [2.05, 4.69) is 15.6 Å². The second kappa shape index (κ2) is 15.2. The number of halogens is 1. The molecule has 0 radical (unpaired) electrons. The molecule has 0 saturated heterocycles. The van der Waals surface area contributed by atoms with Crippen molar-refractivity contribution in [2.45, 2.75) is 46.6 Å². The van der Waals surface area contributed by atoms with Crippen LogP contribution in [0.25, 0.3) is 0 Å². The van der Waals surface area contributed by atoms with Crippen LogP contribution in [0, 0.1) is 5.82 Å². The molecule has 1 aromatic rings. The highest BCUT2D eigenvalue weighted by molar-refractivity contribution is 6.13. The normalized spacial score (nSPS) is 13.1. The lowest BCUT2D eigenvalue weighted by Crippen LogP contribution is -2.46. The average molecular weight is 477 g/mol. The molecule has 0 aliphatic rings. The number of carbonyl (C=O) groups is 3. The zero-order valence-electron chi connectivity index (χ0n) is 20.0. The van der Waals surface area contributed by atoms with Gasteiger partial charge in [0.25, 0.3) is 5.91 Å². The number of amides is 2. The molecule has 34 heavy (non-hydrogen) atoms. The van der Waals surface area contributed by atoms with Crippen molar-refractivity contribution in [1.82, 2.24) is 10.6 Å². The third kappa shape index (κ3) is 10.3. The Morgan fingerprint density at radius 3 is 2.35 bits per heavy atom. The molecule has 9 nitrogen and oxygen atoms in total. The summed E-state index contributed by atoms with van der Waals surface area (Å²) in [5.74, 6) is -1.48. The van der Waals surface area contributed by atoms with Crippen molar-refractivity contribution in [2.75, 3.05) is 19.8 Å². The number of hydrogen-bond donors (Lipinski definition) is 3. The predicted octanol–water partition coefficient (Wildman–Crippen LogP) is 2.65. The topological polar surface area (TPSA) is 132 Å². The number of benzene rings is 1. The van der Waals surface area contributed by atoms with E-state index in [9.17, 15) is 18.8 Å². The average Bonchev–Trinajstić information content (AvgIpc) is 2.80. The first-order valence-electron chi connectivity index (χ1n) is 11.0. The Morgan fingerprint density at radius 2 is 1.79 bits per heavy atom. The first kappa shape index (κ1) is 28.3. The number of nitrogens with two attached hydrogens (primary N) is 1. The van der Waals surface area contributed by atoms with E-state index in [1.54, 1.807) is 13.0 Å². The van der Waals surface area contributed by atoms with Crippen molar-refractivity contribution >= 4 is 29.7 Å². The number of aliphatic imine (C=N–C) groups is 1. The molecular weight excluding hydrogens is 443 g/mol. The second-order valence-electron chi connectivity index (χ2n) is 7.11. The van der Waals surface area contributed by atoms with Crippen molar-refractivity contribution in [2.24, 2.45) is 10.7 Å². The Morgan fingerprint density at radius 1 is 1.15 bits per heavy atom. The SMILES string of the molecule is CC=C(CCC(NC(=O)CNC(=O)/C(C=Nc1ccc(F)cc1)=C(\C)N)C(=O)OCC)OCC. The van der Waals surface area contributed by atoms with Gasteiger partial charge in [-0.1, -0.05) is 0 Å². The van der Waals surface area contributed by atoms with Crippen molar-refractivity contribution in [3.05, 3.63) is 53.2 Å². The van der Waals surface area contributed by atoms with Crippen LogP contribution in [0.1, 0.15) is 40.5 Å². The minimum Gasteiger partial charge on any atom is -0.499 e. The quantitative estimate of drug-likeness (QED) is 0.174. The van der Waals surface area contributed by atoms with Gasteiger partial charge in [-0.3, -0.25) is 14.6 Å². The van der Waals surface area contributed by atoms with Gasteiger partial charge < -0.3 is 25.8 Å². The number of nitrogens with one attached hydrogen (secondary N) is 2. The fourth-order valence-electron chi connectivity index (χ4n) is 2.77. The van der Waals surface area contributed by atoms with Crippen molar-refractivity contribution in [1.29, 1.82) is 0 Å². The van der Waals surface area contributed by atoms with Crippen LogP contribution < -0.4 is 16.4 Å². The summed E-state index contributed by atoms with van der Waals surface area (Å²) in [4.78, 5) is 41.3.